The van der Waals surface area contributed by atoms with Crippen LogP contribution in [0.2, 0.25) is 0 Å². The van der Waals surface area contributed by atoms with E-state index in [1.165, 1.54) is 16.5 Å². The lowest BCUT2D eigenvalue weighted by Gasteiger charge is -2.06. The molecule has 1 heterocycles. The van der Waals surface area contributed by atoms with E-state index in [4.69, 9.17) is 9.84 Å². The molecule has 0 bridgehead atoms. The zero-order valence-corrected chi connectivity index (χ0v) is 9.52. The van der Waals surface area contributed by atoms with Crippen molar-refractivity contribution in [2.24, 2.45) is 0 Å². The molecule has 3 nitrogen and oxygen atoms in total. The van der Waals surface area contributed by atoms with Crippen LogP contribution in [0.5, 0.6) is 0 Å². The maximum absolute atomic E-state index is 8.59. The normalized spacial score (nSPS) is 11.1. The molecule has 0 aliphatic heterocycles. The van der Waals surface area contributed by atoms with Gasteiger partial charge in [0.1, 0.15) is 0 Å². The first-order valence-electron chi connectivity index (χ1n) is 5.55. The Morgan fingerprint density at radius 3 is 2.94 bits per heavy atom. The Morgan fingerprint density at radius 1 is 1.25 bits per heavy atom. The zero-order valence-electron chi connectivity index (χ0n) is 9.52. The second kappa shape index (κ2) is 5.14. The summed E-state index contributed by atoms with van der Waals surface area (Å²) in [6.45, 7) is 4.07. The van der Waals surface area contributed by atoms with Crippen molar-refractivity contribution in [1.82, 2.24) is 4.57 Å². The summed E-state index contributed by atoms with van der Waals surface area (Å²) in [4.78, 5) is 0. The van der Waals surface area contributed by atoms with Crippen molar-refractivity contribution in [3.8, 4) is 0 Å². The number of fused-ring (bicyclic) bond motifs is 1. The highest BCUT2D eigenvalue weighted by Gasteiger charge is 2.00. The molecule has 2 aromatic rings. The van der Waals surface area contributed by atoms with Crippen molar-refractivity contribution in [3.05, 3.63) is 36.0 Å². The van der Waals surface area contributed by atoms with Gasteiger partial charge in [0.2, 0.25) is 0 Å². The molecule has 0 spiro atoms. The van der Waals surface area contributed by atoms with E-state index in [0.29, 0.717) is 13.2 Å². The van der Waals surface area contributed by atoms with Gasteiger partial charge in [-0.25, -0.2) is 0 Å². The minimum Gasteiger partial charge on any atom is -0.394 e. The number of nitrogens with zero attached hydrogens (tertiary/aromatic N) is 1. The van der Waals surface area contributed by atoms with Gasteiger partial charge in [0.15, 0.2) is 0 Å². The van der Waals surface area contributed by atoms with E-state index < -0.39 is 0 Å². The molecule has 0 atom stereocenters. The van der Waals surface area contributed by atoms with Crippen molar-refractivity contribution in [1.29, 1.82) is 0 Å². The monoisotopic (exact) mass is 219 g/mol. The summed E-state index contributed by atoms with van der Waals surface area (Å²) < 4.78 is 7.43. The number of aromatic nitrogens is 1. The molecule has 0 amide bonds. The maximum Gasteiger partial charge on any atom is 0.0698 e. The predicted octanol–water partition coefficient (Wildman–Crippen LogP) is 1.96. The lowest BCUT2D eigenvalue weighted by Crippen LogP contribution is -2.07. The fourth-order valence-electron chi connectivity index (χ4n) is 1.84. The summed E-state index contributed by atoms with van der Waals surface area (Å²) in [5.41, 5.74) is 2.51. The Labute approximate surface area is 95.3 Å². The van der Waals surface area contributed by atoms with Crippen LogP contribution < -0.4 is 0 Å². The Kier molecular flexibility index (Phi) is 3.59. The van der Waals surface area contributed by atoms with Gasteiger partial charge in [-0.05, 0) is 30.5 Å². The molecule has 0 aliphatic rings. The van der Waals surface area contributed by atoms with Crippen LogP contribution in [-0.2, 0) is 11.3 Å². The molecule has 1 aromatic heterocycles. The van der Waals surface area contributed by atoms with E-state index in [1.807, 2.05) is 0 Å². The Balaban J connectivity index is 2.07. The van der Waals surface area contributed by atoms with E-state index in [0.717, 1.165) is 6.54 Å². The minimum absolute atomic E-state index is 0.0889. The Bertz CT molecular complexity index is 462. The molecule has 0 saturated carbocycles. The number of rotatable bonds is 5. The summed E-state index contributed by atoms with van der Waals surface area (Å²) in [6.07, 6.45) is 2.08. The third-order valence-corrected chi connectivity index (χ3v) is 2.64. The van der Waals surface area contributed by atoms with Crippen LogP contribution in [0.3, 0.4) is 0 Å². The first-order valence-corrected chi connectivity index (χ1v) is 5.55. The second-order valence-electron chi connectivity index (χ2n) is 3.91. The molecular weight excluding hydrogens is 202 g/mol. The topological polar surface area (TPSA) is 34.4 Å². The summed E-state index contributed by atoms with van der Waals surface area (Å²) in [5.74, 6) is 0. The fraction of sp³-hybridized carbons (Fsp3) is 0.385. The SMILES string of the molecule is Cc1ccc2c(ccn2CCOCCO)c1. The van der Waals surface area contributed by atoms with Gasteiger partial charge in [-0.2, -0.15) is 0 Å². The van der Waals surface area contributed by atoms with Gasteiger partial charge in [-0.15, -0.1) is 0 Å². The van der Waals surface area contributed by atoms with Crippen LogP contribution in [0.15, 0.2) is 30.5 Å². The highest BCUT2D eigenvalue weighted by atomic mass is 16.5. The van der Waals surface area contributed by atoms with Crippen molar-refractivity contribution in [2.45, 2.75) is 13.5 Å². The van der Waals surface area contributed by atoms with Gasteiger partial charge >= 0.3 is 0 Å². The van der Waals surface area contributed by atoms with Gasteiger partial charge in [0.25, 0.3) is 0 Å². The van der Waals surface area contributed by atoms with Gasteiger partial charge in [0.05, 0.1) is 19.8 Å². The number of hydrogen-bond acceptors (Lipinski definition) is 2. The largest absolute Gasteiger partial charge is 0.394 e. The van der Waals surface area contributed by atoms with Crippen LogP contribution in [0.25, 0.3) is 10.9 Å². The summed E-state index contributed by atoms with van der Waals surface area (Å²) in [6, 6.07) is 8.55. The summed E-state index contributed by atoms with van der Waals surface area (Å²) >= 11 is 0. The summed E-state index contributed by atoms with van der Waals surface area (Å²) in [7, 11) is 0. The molecule has 0 aliphatic carbocycles. The molecule has 0 radical (unpaired) electrons. The van der Waals surface area contributed by atoms with E-state index >= 15 is 0 Å². The van der Waals surface area contributed by atoms with E-state index in [9.17, 15) is 0 Å². The minimum atomic E-state index is 0.0889. The van der Waals surface area contributed by atoms with Gasteiger partial charge < -0.3 is 14.4 Å². The third-order valence-electron chi connectivity index (χ3n) is 2.64. The van der Waals surface area contributed by atoms with E-state index in [2.05, 4.69) is 42.0 Å². The first-order chi connectivity index (χ1) is 7.81. The smallest absolute Gasteiger partial charge is 0.0698 e. The van der Waals surface area contributed by atoms with Crippen LogP contribution >= 0.6 is 0 Å². The molecule has 2 rings (SSSR count). The molecular formula is C13H17NO2. The number of benzene rings is 1. The second-order valence-corrected chi connectivity index (χ2v) is 3.91. The zero-order chi connectivity index (χ0) is 11.4. The molecule has 0 unspecified atom stereocenters. The average molecular weight is 219 g/mol. The molecule has 0 fully saturated rings. The quantitative estimate of drug-likeness (QED) is 0.780. The van der Waals surface area contributed by atoms with Crippen molar-refractivity contribution >= 4 is 10.9 Å². The fourth-order valence-corrected chi connectivity index (χ4v) is 1.84. The van der Waals surface area contributed by atoms with Gasteiger partial charge in [-0.1, -0.05) is 11.6 Å². The molecule has 86 valence electrons. The average Bonchev–Trinajstić information content (AvgIpc) is 2.67. The Morgan fingerprint density at radius 2 is 2.12 bits per heavy atom. The summed E-state index contributed by atoms with van der Waals surface area (Å²) in [5, 5.41) is 9.86. The number of aliphatic hydroxyl groups excluding tert-OH is 1. The van der Waals surface area contributed by atoms with Crippen LogP contribution in [0.1, 0.15) is 5.56 Å². The van der Waals surface area contributed by atoms with E-state index in [1.54, 1.807) is 0 Å². The lowest BCUT2D eigenvalue weighted by atomic mass is 10.2. The number of aliphatic hydroxyl groups is 1. The number of hydrogen-bond donors (Lipinski definition) is 1. The van der Waals surface area contributed by atoms with Crippen molar-refractivity contribution < 1.29 is 9.84 Å². The highest BCUT2D eigenvalue weighted by Crippen LogP contribution is 2.17. The number of ether oxygens (including phenoxy) is 1. The van der Waals surface area contributed by atoms with Crippen molar-refractivity contribution in [3.63, 3.8) is 0 Å². The molecule has 1 N–H and O–H groups in total. The van der Waals surface area contributed by atoms with E-state index in [-0.39, 0.29) is 6.61 Å². The maximum atomic E-state index is 8.59. The lowest BCUT2D eigenvalue weighted by molar-refractivity contribution is 0.0875. The molecule has 3 heteroatoms. The Hall–Kier alpha value is -1.32. The van der Waals surface area contributed by atoms with Crippen molar-refractivity contribution in [2.75, 3.05) is 19.8 Å². The van der Waals surface area contributed by atoms with Gasteiger partial charge in [-0.3, -0.25) is 0 Å². The first kappa shape index (κ1) is 11.2. The molecule has 0 saturated heterocycles. The number of aryl methyl sites for hydroxylation is 1. The van der Waals surface area contributed by atoms with Crippen LogP contribution in [0, 0.1) is 6.92 Å². The molecule has 1 aromatic carbocycles. The highest BCUT2D eigenvalue weighted by molar-refractivity contribution is 5.80. The van der Waals surface area contributed by atoms with Gasteiger partial charge in [0, 0.05) is 18.3 Å². The molecule has 16 heavy (non-hydrogen) atoms. The standard InChI is InChI=1S/C13H17NO2/c1-11-2-3-13-12(10-11)4-5-14(13)6-8-16-9-7-15/h2-5,10,15H,6-9H2,1H3. The predicted molar refractivity (Wildman–Crippen MR) is 64.6 cm³/mol. The van der Waals surface area contributed by atoms with Crippen LogP contribution in [0.4, 0.5) is 0 Å². The third kappa shape index (κ3) is 2.43. The van der Waals surface area contributed by atoms with Crippen LogP contribution in [-0.4, -0.2) is 29.5 Å².